The van der Waals surface area contributed by atoms with Crippen LogP contribution in [0.3, 0.4) is 0 Å². The van der Waals surface area contributed by atoms with Crippen LogP contribution in [0.15, 0.2) is 50.8 Å². The number of aromatic nitrogens is 1. The first-order valence-electron chi connectivity index (χ1n) is 8.65. The van der Waals surface area contributed by atoms with E-state index in [1.54, 1.807) is 44.4 Å². The Bertz CT molecular complexity index is 1150. The summed E-state index contributed by atoms with van der Waals surface area (Å²) < 4.78 is 16.8. The predicted octanol–water partition coefficient (Wildman–Crippen LogP) is 3.14. The lowest BCUT2D eigenvalue weighted by molar-refractivity contribution is 0.395. The number of hydrogen-bond acceptors (Lipinski definition) is 7. The molecule has 2 heterocycles. The van der Waals surface area contributed by atoms with Crippen LogP contribution in [0, 0.1) is 18.3 Å². The summed E-state index contributed by atoms with van der Waals surface area (Å²) in [6.45, 7) is 1.57. The highest BCUT2D eigenvalue weighted by Crippen LogP contribution is 2.32. The van der Waals surface area contributed by atoms with Gasteiger partial charge in [-0.2, -0.15) is 5.26 Å². The smallest absolute Gasteiger partial charge is 0.271 e. The second-order valence-electron chi connectivity index (χ2n) is 6.12. The maximum absolute atomic E-state index is 12.6. The number of ether oxygens (including phenoxy) is 2. The van der Waals surface area contributed by atoms with E-state index >= 15 is 0 Å². The second-order valence-corrected chi connectivity index (χ2v) is 6.12. The Morgan fingerprint density at radius 1 is 1.31 bits per heavy atom. The van der Waals surface area contributed by atoms with Gasteiger partial charge in [-0.1, -0.05) is 0 Å². The molecule has 0 bridgehead atoms. The van der Waals surface area contributed by atoms with E-state index in [0.717, 1.165) is 4.57 Å². The molecule has 0 saturated carbocycles. The number of furan rings is 1. The highest BCUT2D eigenvalue weighted by atomic mass is 16.5. The van der Waals surface area contributed by atoms with E-state index in [1.165, 1.54) is 19.6 Å². The van der Waals surface area contributed by atoms with Crippen molar-refractivity contribution in [1.82, 2.24) is 4.57 Å². The molecular weight excluding hydrogens is 374 g/mol. The molecule has 8 nitrogen and oxygen atoms in total. The van der Waals surface area contributed by atoms with Gasteiger partial charge in [0, 0.05) is 12.3 Å². The SMILES string of the molecule is COc1ccc(N=Cc2c(C)c(C#N)c(=O)n(Cc3ccco3)c2O)c(OC)c1. The molecule has 29 heavy (non-hydrogen) atoms. The number of hydrogen-bond donors (Lipinski definition) is 1. The minimum absolute atomic E-state index is 0.0146. The van der Waals surface area contributed by atoms with Crippen molar-refractivity contribution in [1.29, 1.82) is 5.26 Å². The van der Waals surface area contributed by atoms with Crippen LogP contribution in [0.5, 0.6) is 17.4 Å². The number of methoxy groups -OCH3 is 2. The maximum Gasteiger partial charge on any atom is 0.271 e. The van der Waals surface area contributed by atoms with Gasteiger partial charge in [0.2, 0.25) is 5.88 Å². The molecule has 0 amide bonds. The Balaban J connectivity index is 2.11. The van der Waals surface area contributed by atoms with Crippen molar-refractivity contribution in [3.8, 4) is 23.4 Å². The molecule has 0 radical (unpaired) electrons. The third kappa shape index (κ3) is 3.84. The largest absolute Gasteiger partial charge is 0.497 e. The molecule has 0 fully saturated rings. The first-order valence-corrected chi connectivity index (χ1v) is 8.65. The van der Waals surface area contributed by atoms with Crippen LogP contribution in [0.2, 0.25) is 0 Å². The first kappa shape index (κ1) is 19.8. The zero-order valence-electron chi connectivity index (χ0n) is 16.2. The molecule has 0 unspecified atom stereocenters. The molecule has 148 valence electrons. The third-order valence-electron chi connectivity index (χ3n) is 4.46. The molecule has 2 aromatic heterocycles. The zero-order chi connectivity index (χ0) is 21.0. The Kier molecular flexibility index (Phi) is 5.69. The molecule has 8 heteroatoms. The van der Waals surface area contributed by atoms with Crippen LogP contribution < -0.4 is 15.0 Å². The minimum Gasteiger partial charge on any atom is -0.497 e. The Hall–Kier alpha value is -3.99. The summed E-state index contributed by atoms with van der Waals surface area (Å²) in [5.41, 5.74) is 0.414. The van der Waals surface area contributed by atoms with Gasteiger partial charge < -0.3 is 19.0 Å². The molecule has 0 spiro atoms. The number of nitrogens with zero attached hydrogens (tertiary/aromatic N) is 3. The summed E-state index contributed by atoms with van der Waals surface area (Å²) in [5, 5.41) is 20.2. The van der Waals surface area contributed by atoms with Crippen molar-refractivity contribution in [3.05, 3.63) is 69.4 Å². The van der Waals surface area contributed by atoms with E-state index in [1.807, 2.05) is 6.07 Å². The van der Waals surface area contributed by atoms with Crippen molar-refractivity contribution in [2.75, 3.05) is 14.2 Å². The Labute approximate surface area is 166 Å². The molecule has 3 rings (SSSR count). The van der Waals surface area contributed by atoms with Gasteiger partial charge in [0.15, 0.2) is 0 Å². The van der Waals surface area contributed by atoms with Crippen LogP contribution in [-0.2, 0) is 6.54 Å². The zero-order valence-corrected chi connectivity index (χ0v) is 16.2. The number of nitriles is 1. The minimum atomic E-state index is -0.599. The van der Waals surface area contributed by atoms with Crippen molar-refractivity contribution in [2.24, 2.45) is 4.99 Å². The fourth-order valence-electron chi connectivity index (χ4n) is 2.86. The van der Waals surface area contributed by atoms with Crippen LogP contribution in [0.4, 0.5) is 5.69 Å². The summed E-state index contributed by atoms with van der Waals surface area (Å²) in [5.74, 6) is 1.25. The maximum atomic E-state index is 12.6. The van der Waals surface area contributed by atoms with Crippen LogP contribution in [-0.4, -0.2) is 30.1 Å². The van der Waals surface area contributed by atoms with Gasteiger partial charge in [-0.3, -0.25) is 14.4 Å². The van der Waals surface area contributed by atoms with Gasteiger partial charge in [0.1, 0.15) is 34.6 Å². The number of pyridine rings is 1. The highest BCUT2D eigenvalue weighted by Gasteiger charge is 2.19. The quantitative estimate of drug-likeness (QED) is 0.644. The standard InChI is InChI=1S/C21H19N3O5/c1-13-16(10-22)20(25)24(12-15-5-4-8-29-15)21(26)17(13)11-23-18-7-6-14(27-2)9-19(18)28-3/h4-9,11,26H,12H2,1-3H3. The van der Waals surface area contributed by atoms with Gasteiger partial charge in [-0.25, -0.2) is 0 Å². The van der Waals surface area contributed by atoms with E-state index in [2.05, 4.69) is 4.99 Å². The monoisotopic (exact) mass is 393 g/mol. The van der Waals surface area contributed by atoms with Crippen LogP contribution in [0.25, 0.3) is 0 Å². The van der Waals surface area contributed by atoms with Crippen molar-refractivity contribution in [3.63, 3.8) is 0 Å². The average Bonchev–Trinajstić information content (AvgIpc) is 3.24. The lowest BCUT2D eigenvalue weighted by atomic mass is 10.1. The molecule has 0 aliphatic carbocycles. The van der Waals surface area contributed by atoms with Crippen molar-refractivity contribution in [2.45, 2.75) is 13.5 Å². The highest BCUT2D eigenvalue weighted by molar-refractivity contribution is 5.88. The fraction of sp³-hybridized carbons (Fsp3) is 0.190. The van der Waals surface area contributed by atoms with Gasteiger partial charge in [0.25, 0.3) is 5.56 Å². The molecule has 0 saturated heterocycles. The number of benzene rings is 1. The van der Waals surface area contributed by atoms with Crippen molar-refractivity contribution >= 4 is 11.9 Å². The molecule has 0 atom stereocenters. The average molecular weight is 393 g/mol. The number of aliphatic imine (C=N–C) groups is 1. The lowest BCUT2D eigenvalue weighted by Gasteiger charge is -2.13. The van der Waals surface area contributed by atoms with Gasteiger partial charge >= 0.3 is 0 Å². The molecule has 1 aromatic carbocycles. The molecule has 0 aliphatic heterocycles. The van der Waals surface area contributed by atoms with Gasteiger partial charge in [-0.15, -0.1) is 0 Å². The Morgan fingerprint density at radius 2 is 2.10 bits per heavy atom. The predicted molar refractivity (Wildman–Crippen MR) is 106 cm³/mol. The molecule has 0 aliphatic rings. The van der Waals surface area contributed by atoms with E-state index in [9.17, 15) is 15.2 Å². The topological polar surface area (TPSA) is 110 Å². The molecule has 3 aromatic rings. The second kappa shape index (κ2) is 8.35. The van der Waals surface area contributed by atoms with E-state index in [0.29, 0.717) is 28.5 Å². The van der Waals surface area contributed by atoms with Gasteiger partial charge in [0.05, 0.1) is 32.6 Å². The Morgan fingerprint density at radius 3 is 2.72 bits per heavy atom. The fourth-order valence-corrected chi connectivity index (χ4v) is 2.86. The summed E-state index contributed by atoms with van der Waals surface area (Å²) >= 11 is 0. The van der Waals surface area contributed by atoms with Gasteiger partial charge in [-0.05, 0) is 36.8 Å². The van der Waals surface area contributed by atoms with Crippen LogP contribution in [0.1, 0.15) is 22.5 Å². The normalized spacial score (nSPS) is 10.8. The van der Waals surface area contributed by atoms with Crippen molar-refractivity contribution < 1.29 is 19.0 Å². The first-order chi connectivity index (χ1) is 14.0. The summed E-state index contributed by atoms with van der Waals surface area (Å²) in [4.78, 5) is 17.0. The summed E-state index contributed by atoms with van der Waals surface area (Å²) in [6.07, 6.45) is 2.86. The molecular formula is C21H19N3O5. The van der Waals surface area contributed by atoms with E-state index < -0.39 is 5.56 Å². The van der Waals surface area contributed by atoms with Crippen LogP contribution >= 0.6 is 0 Å². The van der Waals surface area contributed by atoms with E-state index in [-0.39, 0.29) is 23.6 Å². The third-order valence-corrected chi connectivity index (χ3v) is 4.46. The summed E-state index contributed by atoms with van der Waals surface area (Å²) in [7, 11) is 3.05. The lowest BCUT2D eigenvalue weighted by Crippen LogP contribution is -2.25. The summed E-state index contributed by atoms with van der Waals surface area (Å²) in [6, 6.07) is 10.4. The number of rotatable bonds is 6. The number of aromatic hydroxyl groups is 1. The van der Waals surface area contributed by atoms with E-state index in [4.69, 9.17) is 13.9 Å². The molecule has 1 N–H and O–H groups in total.